The highest BCUT2D eigenvalue weighted by Gasteiger charge is 1.76. The van der Waals surface area contributed by atoms with E-state index in [0.29, 0.717) is 0 Å². The highest BCUT2D eigenvalue weighted by Crippen LogP contribution is 1.95. The van der Waals surface area contributed by atoms with Crippen molar-refractivity contribution in [3.8, 4) is 0 Å². The zero-order valence-corrected chi connectivity index (χ0v) is 5.66. The molecule has 0 aromatic heterocycles. The molecule has 0 N–H and O–H groups in total. The fourth-order valence-corrected chi connectivity index (χ4v) is 0.605. The Kier molecular flexibility index (Phi) is 4.23. The molecule has 0 aliphatic heterocycles. The van der Waals surface area contributed by atoms with Crippen LogP contribution >= 0.6 is 15.9 Å². The van der Waals surface area contributed by atoms with Crippen molar-refractivity contribution in [2.24, 2.45) is 0 Å². The van der Waals surface area contributed by atoms with Gasteiger partial charge in [-0.25, -0.2) is 0 Å². The van der Waals surface area contributed by atoms with E-state index in [2.05, 4.69) is 22.9 Å². The second-order valence-corrected chi connectivity index (χ2v) is 1.88. The number of rotatable bonds is 3. The SMILES string of the molecule is [2H][C@@H](CBr)CCC. The van der Waals surface area contributed by atoms with Crippen LogP contribution in [0, 0.1) is 0 Å². The van der Waals surface area contributed by atoms with Crippen LogP contribution in [-0.4, -0.2) is 5.33 Å². The molecule has 0 unspecified atom stereocenters. The normalized spacial score (nSPS) is 16.7. The Labute approximate surface area is 49.5 Å². The van der Waals surface area contributed by atoms with Crippen molar-refractivity contribution in [1.29, 1.82) is 0 Å². The van der Waals surface area contributed by atoms with Gasteiger partial charge in [-0.05, 0) is 6.40 Å². The second kappa shape index (κ2) is 5.48. The van der Waals surface area contributed by atoms with Gasteiger partial charge in [0.2, 0.25) is 0 Å². The van der Waals surface area contributed by atoms with Gasteiger partial charge in [0.15, 0.2) is 0 Å². The largest absolute Gasteiger partial charge is 0.0928 e. The number of hydrogen-bond donors (Lipinski definition) is 0. The lowest BCUT2D eigenvalue weighted by molar-refractivity contribution is 0.781. The van der Waals surface area contributed by atoms with Crippen molar-refractivity contribution >= 4 is 15.9 Å². The first-order valence-corrected chi connectivity index (χ1v) is 3.41. The van der Waals surface area contributed by atoms with Gasteiger partial charge in [-0.2, -0.15) is 0 Å². The van der Waals surface area contributed by atoms with Gasteiger partial charge in [0, 0.05) is 6.70 Å². The van der Waals surface area contributed by atoms with Crippen LogP contribution in [0.4, 0.5) is 0 Å². The van der Waals surface area contributed by atoms with E-state index in [4.69, 9.17) is 1.37 Å². The molecule has 0 spiro atoms. The van der Waals surface area contributed by atoms with Crippen molar-refractivity contribution in [2.45, 2.75) is 26.2 Å². The first kappa shape index (κ1) is 4.63. The van der Waals surface area contributed by atoms with Crippen molar-refractivity contribution in [3.05, 3.63) is 0 Å². The van der Waals surface area contributed by atoms with Crippen molar-refractivity contribution in [2.75, 3.05) is 5.33 Å². The molecule has 0 amide bonds. The summed E-state index contributed by atoms with van der Waals surface area (Å²) in [4.78, 5) is 0. The van der Waals surface area contributed by atoms with E-state index in [-0.39, 0.29) is 6.40 Å². The average Bonchev–Trinajstić information content (AvgIpc) is 1.68. The van der Waals surface area contributed by atoms with Gasteiger partial charge in [-0.15, -0.1) is 0 Å². The molecule has 0 aliphatic rings. The maximum Gasteiger partial charge on any atom is 0.0275 e. The van der Waals surface area contributed by atoms with Crippen LogP contribution in [0.1, 0.15) is 27.5 Å². The minimum absolute atomic E-state index is 0.116. The smallest absolute Gasteiger partial charge is 0.0275 e. The molecule has 0 aliphatic carbocycles. The zero-order chi connectivity index (χ0) is 5.70. The standard InChI is InChI=1S/C5H11Br/c1-2-3-4-5-6/h2-5H2,1H3/i4D/t4-/m1/s1. The van der Waals surface area contributed by atoms with Crippen molar-refractivity contribution in [1.82, 2.24) is 0 Å². The van der Waals surface area contributed by atoms with Crippen LogP contribution in [-0.2, 0) is 0 Å². The van der Waals surface area contributed by atoms with Crippen LogP contribution in [0.25, 0.3) is 0 Å². The fourth-order valence-electron chi connectivity index (χ4n) is 0.281. The number of alkyl halides is 1. The molecule has 0 aromatic carbocycles. The molecule has 0 aromatic rings. The van der Waals surface area contributed by atoms with Crippen LogP contribution in [0.15, 0.2) is 0 Å². The quantitative estimate of drug-likeness (QED) is 0.545. The lowest BCUT2D eigenvalue weighted by atomic mass is 10.3. The number of hydrogen-bond acceptors (Lipinski definition) is 0. The predicted octanol–water partition coefficient (Wildman–Crippen LogP) is 2.57. The average molecular weight is 152 g/mol. The molecule has 0 bridgehead atoms. The first-order chi connectivity index (χ1) is 3.31. The van der Waals surface area contributed by atoms with Gasteiger partial charge in [-0.3, -0.25) is 0 Å². The maximum absolute atomic E-state index is 7.17. The van der Waals surface area contributed by atoms with E-state index in [1.165, 1.54) is 0 Å². The Bertz CT molecular complexity index is 39.1. The van der Waals surface area contributed by atoms with Crippen molar-refractivity contribution in [3.63, 3.8) is 0 Å². The van der Waals surface area contributed by atoms with Gasteiger partial charge < -0.3 is 0 Å². The van der Waals surface area contributed by atoms with Gasteiger partial charge in [-0.1, -0.05) is 35.7 Å². The summed E-state index contributed by atoms with van der Waals surface area (Å²) in [5, 5.41) is 0.820. The molecule has 0 radical (unpaired) electrons. The molecular formula is C5H11Br. The molecule has 0 saturated carbocycles. The summed E-state index contributed by atoms with van der Waals surface area (Å²) in [5.74, 6) is 0. The lowest BCUT2D eigenvalue weighted by Gasteiger charge is -1.85. The monoisotopic (exact) mass is 151 g/mol. The summed E-state index contributed by atoms with van der Waals surface area (Å²) < 4.78 is 7.17. The molecule has 0 heterocycles. The van der Waals surface area contributed by atoms with E-state index in [1.54, 1.807) is 0 Å². The molecule has 0 saturated heterocycles. The van der Waals surface area contributed by atoms with Gasteiger partial charge in [0.05, 0.1) is 0 Å². The third kappa shape index (κ3) is 4.48. The topological polar surface area (TPSA) is 0 Å². The molecule has 0 nitrogen and oxygen atoms in total. The minimum Gasteiger partial charge on any atom is -0.0928 e. The maximum atomic E-state index is 7.17. The summed E-state index contributed by atoms with van der Waals surface area (Å²) in [6, 6.07) is 0. The van der Waals surface area contributed by atoms with E-state index >= 15 is 0 Å². The Morgan fingerprint density at radius 3 is 2.67 bits per heavy atom. The van der Waals surface area contributed by atoms with E-state index in [9.17, 15) is 0 Å². The molecular weight excluding hydrogens is 140 g/mol. The van der Waals surface area contributed by atoms with E-state index < -0.39 is 0 Å². The zero-order valence-electron chi connectivity index (χ0n) is 5.08. The summed E-state index contributed by atoms with van der Waals surface area (Å²) in [7, 11) is 0. The molecule has 1 atom stereocenters. The Morgan fingerprint density at radius 2 is 2.50 bits per heavy atom. The van der Waals surface area contributed by atoms with Crippen LogP contribution in [0.5, 0.6) is 0 Å². The van der Waals surface area contributed by atoms with E-state index in [1.807, 2.05) is 0 Å². The van der Waals surface area contributed by atoms with Crippen LogP contribution in [0.3, 0.4) is 0 Å². The molecule has 1 heteroatoms. The lowest BCUT2D eigenvalue weighted by Crippen LogP contribution is -1.70. The molecule has 6 heavy (non-hydrogen) atoms. The summed E-state index contributed by atoms with van der Waals surface area (Å²) in [6.07, 6.45) is 2.26. The molecule has 38 valence electrons. The van der Waals surface area contributed by atoms with Crippen LogP contribution in [0.2, 0.25) is 0 Å². The highest BCUT2D eigenvalue weighted by atomic mass is 79.9. The third-order valence-electron chi connectivity index (χ3n) is 0.602. The second-order valence-electron chi connectivity index (χ2n) is 1.23. The number of halogens is 1. The predicted molar refractivity (Wildman–Crippen MR) is 33.3 cm³/mol. The van der Waals surface area contributed by atoms with E-state index in [0.717, 1.165) is 18.2 Å². The fraction of sp³-hybridized carbons (Fsp3) is 1.00. The Morgan fingerprint density at radius 1 is 1.83 bits per heavy atom. The minimum atomic E-state index is 0.116. The Hall–Kier alpha value is 0.480. The summed E-state index contributed by atoms with van der Waals surface area (Å²) in [5.41, 5.74) is 0. The molecule has 0 fully saturated rings. The van der Waals surface area contributed by atoms with Crippen LogP contribution < -0.4 is 0 Å². The Balaban J connectivity index is 2.83. The first-order valence-electron chi connectivity index (χ1n) is 2.87. The summed E-state index contributed by atoms with van der Waals surface area (Å²) in [6.45, 7) is 2.10. The van der Waals surface area contributed by atoms with Gasteiger partial charge >= 0.3 is 0 Å². The third-order valence-corrected chi connectivity index (χ3v) is 1.06. The highest BCUT2D eigenvalue weighted by molar-refractivity contribution is 9.09. The van der Waals surface area contributed by atoms with Gasteiger partial charge in [0.25, 0.3) is 0 Å². The van der Waals surface area contributed by atoms with Gasteiger partial charge in [0.1, 0.15) is 0 Å². The van der Waals surface area contributed by atoms with Crippen molar-refractivity contribution < 1.29 is 1.37 Å². The molecule has 0 rings (SSSR count). The summed E-state index contributed by atoms with van der Waals surface area (Å²) >= 11 is 3.23.